The summed E-state index contributed by atoms with van der Waals surface area (Å²) in [5, 5.41) is 0. The topological polar surface area (TPSA) is 61.6 Å². The average Bonchev–Trinajstić information content (AvgIpc) is 2.92. The maximum absolute atomic E-state index is 13.4. The molecule has 1 heterocycles. The lowest BCUT2D eigenvalue weighted by Gasteiger charge is -2.29. The summed E-state index contributed by atoms with van der Waals surface area (Å²) in [5.74, 6) is -1.25. The molecule has 1 aliphatic rings. The van der Waals surface area contributed by atoms with Crippen LogP contribution in [0.5, 0.6) is 0 Å². The van der Waals surface area contributed by atoms with Gasteiger partial charge in [0.15, 0.2) is 0 Å². The Morgan fingerprint density at radius 1 is 1.38 bits per heavy atom. The number of halogens is 2. The number of rotatable bonds is 6. The second kappa shape index (κ2) is 7.17. The number of amides is 1. The van der Waals surface area contributed by atoms with E-state index < -0.39 is 30.6 Å². The van der Waals surface area contributed by atoms with Gasteiger partial charge in [0.2, 0.25) is 6.43 Å². The SMILES string of the molecule is NC(=O)OC(Cc1ccccc1)[C@H](C(F)F)[C@@H]1C=CCO1. The van der Waals surface area contributed by atoms with Gasteiger partial charge in [0.25, 0.3) is 0 Å². The van der Waals surface area contributed by atoms with E-state index in [0.29, 0.717) is 0 Å². The largest absolute Gasteiger partial charge is 0.445 e. The summed E-state index contributed by atoms with van der Waals surface area (Å²) in [7, 11) is 0. The van der Waals surface area contributed by atoms with E-state index in [4.69, 9.17) is 15.2 Å². The van der Waals surface area contributed by atoms with Crippen molar-refractivity contribution in [2.75, 3.05) is 6.61 Å². The Morgan fingerprint density at radius 3 is 2.62 bits per heavy atom. The molecule has 1 amide bonds. The maximum Gasteiger partial charge on any atom is 0.404 e. The highest BCUT2D eigenvalue weighted by Crippen LogP contribution is 2.28. The number of primary amides is 1. The van der Waals surface area contributed by atoms with Crippen molar-refractivity contribution in [2.24, 2.45) is 11.7 Å². The second-order valence-corrected chi connectivity index (χ2v) is 4.80. The zero-order valence-corrected chi connectivity index (χ0v) is 11.3. The van der Waals surface area contributed by atoms with Crippen LogP contribution < -0.4 is 5.73 Å². The lowest BCUT2D eigenvalue weighted by atomic mass is 9.91. The van der Waals surface area contributed by atoms with E-state index in [1.165, 1.54) is 0 Å². The quantitative estimate of drug-likeness (QED) is 0.821. The summed E-state index contributed by atoms with van der Waals surface area (Å²) in [4.78, 5) is 11.0. The zero-order chi connectivity index (χ0) is 15.2. The van der Waals surface area contributed by atoms with Crippen molar-refractivity contribution in [1.29, 1.82) is 0 Å². The molecular formula is C15H17F2NO3. The molecular weight excluding hydrogens is 280 g/mol. The van der Waals surface area contributed by atoms with Crippen molar-refractivity contribution in [2.45, 2.75) is 25.1 Å². The molecule has 21 heavy (non-hydrogen) atoms. The van der Waals surface area contributed by atoms with Crippen LogP contribution in [-0.4, -0.2) is 31.3 Å². The molecule has 114 valence electrons. The summed E-state index contributed by atoms with van der Waals surface area (Å²) in [6.45, 7) is 0.280. The molecule has 0 aromatic heterocycles. The fourth-order valence-electron chi connectivity index (χ4n) is 2.42. The number of carbonyl (C=O) groups excluding carboxylic acids is 1. The number of hydrogen-bond acceptors (Lipinski definition) is 3. The van der Waals surface area contributed by atoms with Crippen LogP contribution in [-0.2, 0) is 15.9 Å². The van der Waals surface area contributed by atoms with Gasteiger partial charge in [0, 0.05) is 6.42 Å². The second-order valence-electron chi connectivity index (χ2n) is 4.80. The van der Waals surface area contributed by atoms with Gasteiger partial charge in [0.1, 0.15) is 6.10 Å². The van der Waals surface area contributed by atoms with E-state index in [1.54, 1.807) is 36.4 Å². The standard InChI is InChI=1S/C15H17F2NO3/c16-14(17)13(11-7-4-8-20-11)12(21-15(18)19)9-10-5-2-1-3-6-10/h1-7,11-14H,8-9H2,(H2,18,19)/t11-,12?,13+/m0/s1. The highest BCUT2D eigenvalue weighted by atomic mass is 19.3. The van der Waals surface area contributed by atoms with Gasteiger partial charge in [-0.3, -0.25) is 0 Å². The molecule has 0 spiro atoms. The maximum atomic E-state index is 13.4. The number of benzene rings is 1. The first-order chi connectivity index (χ1) is 10.1. The predicted octanol–water partition coefficient (Wildman–Crippen LogP) is 2.53. The lowest BCUT2D eigenvalue weighted by Crippen LogP contribution is -2.41. The van der Waals surface area contributed by atoms with Crippen LogP contribution >= 0.6 is 0 Å². The van der Waals surface area contributed by atoms with Gasteiger partial charge in [-0.25, -0.2) is 13.6 Å². The van der Waals surface area contributed by atoms with Gasteiger partial charge in [-0.15, -0.1) is 0 Å². The van der Waals surface area contributed by atoms with Crippen LogP contribution in [0.4, 0.5) is 13.6 Å². The first-order valence-electron chi connectivity index (χ1n) is 6.64. The van der Waals surface area contributed by atoms with E-state index in [1.807, 2.05) is 6.07 Å². The first kappa shape index (κ1) is 15.4. The Balaban J connectivity index is 2.19. The molecule has 4 nitrogen and oxygen atoms in total. The summed E-state index contributed by atoms with van der Waals surface area (Å²) < 4.78 is 37.0. The van der Waals surface area contributed by atoms with Crippen LogP contribution in [0.3, 0.4) is 0 Å². The van der Waals surface area contributed by atoms with Crippen molar-refractivity contribution in [3.63, 3.8) is 0 Å². The molecule has 0 aliphatic carbocycles. The summed E-state index contributed by atoms with van der Waals surface area (Å²) in [6.07, 6.45) is -2.18. The highest BCUT2D eigenvalue weighted by Gasteiger charge is 2.39. The van der Waals surface area contributed by atoms with Crippen molar-refractivity contribution < 1.29 is 23.0 Å². The van der Waals surface area contributed by atoms with Gasteiger partial charge < -0.3 is 15.2 Å². The van der Waals surface area contributed by atoms with Crippen LogP contribution in [0, 0.1) is 5.92 Å². The molecule has 3 atom stereocenters. The lowest BCUT2D eigenvalue weighted by molar-refractivity contribution is -0.0722. The van der Waals surface area contributed by atoms with E-state index in [9.17, 15) is 13.6 Å². The molecule has 2 rings (SSSR count). The number of carbonyl (C=O) groups is 1. The monoisotopic (exact) mass is 297 g/mol. The van der Waals surface area contributed by atoms with E-state index in [0.717, 1.165) is 5.56 Å². The molecule has 2 N–H and O–H groups in total. The van der Waals surface area contributed by atoms with Gasteiger partial charge in [-0.2, -0.15) is 0 Å². The predicted molar refractivity (Wildman–Crippen MR) is 73.0 cm³/mol. The Kier molecular flexibility index (Phi) is 5.27. The van der Waals surface area contributed by atoms with Gasteiger partial charge in [-0.05, 0) is 5.56 Å². The van der Waals surface area contributed by atoms with E-state index >= 15 is 0 Å². The minimum Gasteiger partial charge on any atom is -0.445 e. The van der Waals surface area contributed by atoms with Crippen LogP contribution in [0.1, 0.15) is 5.56 Å². The average molecular weight is 297 g/mol. The Hall–Kier alpha value is -1.95. The Bertz CT molecular complexity index is 493. The third kappa shape index (κ3) is 4.26. The zero-order valence-electron chi connectivity index (χ0n) is 11.3. The van der Waals surface area contributed by atoms with Crippen molar-refractivity contribution >= 4 is 6.09 Å². The van der Waals surface area contributed by atoms with Crippen LogP contribution in [0.15, 0.2) is 42.5 Å². The molecule has 0 fully saturated rings. The minimum atomic E-state index is -2.69. The van der Waals surface area contributed by atoms with Gasteiger partial charge in [0.05, 0.1) is 18.6 Å². The van der Waals surface area contributed by atoms with Crippen molar-refractivity contribution in [1.82, 2.24) is 0 Å². The molecule has 1 unspecified atom stereocenters. The summed E-state index contributed by atoms with van der Waals surface area (Å²) in [5.41, 5.74) is 5.81. The molecule has 0 bridgehead atoms. The van der Waals surface area contributed by atoms with Crippen molar-refractivity contribution in [3.8, 4) is 0 Å². The Morgan fingerprint density at radius 2 is 2.10 bits per heavy atom. The van der Waals surface area contributed by atoms with Crippen molar-refractivity contribution in [3.05, 3.63) is 48.0 Å². The molecule has 1 aromatic carbocycles. The van der Waals surface area contributed by atoms with Gasteiger partial charge >= 0.3 is 6.09 Å². The van der Waals surface area contributed by atoms with Crippen LogP contribution in [0.25, 0.3) is 0 Å². The normalized spacial score (nSPS) is 20.4. The van der Waals surface area contributed by atoms with Crippen LogP contribution in [0.2, 0.25) is 0 Å². The number of alkyl halides is 2. The number of hydrogen-bond donors (Lipinski definition) is 1. The molecule has 0 saturated heterocycles. The fraction of sp³-hybridized carbons (Fsp3) is 0.400. The Labute approximate surface area is 121 Å². The third-order valence-electron chi connectivity index (χ3n) is 3.36. The molecule has 0 radical (unpaired) electrons. The minimum absolute atomic E-state index is 0.159. The van der Waals surface area contributed by atoms with E-state index in [2.05, 4.69) is 0 Å². The highest BCUT2D eigenvalue weighted by molar-refractivity contribution is 5.64. The smallest absolute Gasteiger partial charge is 0.404 e. The molecule has 1 aromatic rings. The first-order valence-corrected chi connectivity index (χ1v) is 6.64. The molecule has 1 aliphatic heterocycles. The molecule has 0 saturated carbocycles. The number of nitrogens with two attached hydrogens (primary N) is 1. The fourth-order valence-corrected chi connectivity index (χ4v) is 2.42. The third-order valence-corrected chi connectivity index (χ3v) is 3.36. The number of ether oxygens (including phenoxy) is 2. The summed E-state index contributed by atoms with van der Waals surface area (Å²) in [6, 6.07) is 8.97. The molecule has 6 heteroatoms. The van der Waals surface area contributed by atoms with E-state index in [-0.39, 0.29) is 13.0 Å². The van der Waals surface area contributed by atoms with Gasteiger partial charge in [-0.1, -0.05) is 42.5 Å². The summed E-state index contributed by atoms with van der Waals surface area (Å²) >= 11 is 0.